The van der Waals surface area contributed by atoms with E-state index in [0.29, 0.717) is 11.0 Å². The molecule has 1 unspecified atom stereocenters. The molecule has 0 spiro atoms. The number of carbonyl (C=O) groups is 3. The predicted octanol–water partition coefficient (Wildman–Crippen LogP) is 4.32. The second-order valence-electron chi connectivity index (χ2n) is 8.75. The molecular formula is C25H16ClF5N4O4. The minimum absolute atomic E-state index is 0.0677. The zero-order valence-corrected chi connectivity index (χ0v) is 19.9. The summed E-state index contributed by atoms with van der Waals surface area (Å²) in [4.78, 5) is 38.8. The quantitative estimate of drug-likeness (QED) is 0.351. The molecule has 0 aliphatic carbocycles. The maximum absolute atomic E-state index is 14.4. The Kier molecular flexibility index (Phi) is 5.04. The number of alkyl halides is 3. The van der Waals surface area contributed by atoms with Crippen molar-refractivity contribution in [3.05, 3.63) is 86.4 Å². The highest BCUT2D eigenvalue weighted by Crippen LogP contribution is 2.51. The molecular weight excluding hydrogens is 551 g/mol. The molecule has 3 aromatic rings. The lowest BCUT2D eigenvalue weighted by molar-refractivity contribution is -0.137. The van der Waals surface area contributed by atoms with Gasteiger partial charge in [0.1, 0.15) is 11.6 Å². The molecule has 14 heteroatoms. The highest BCUT2D eigenvalue weighted by atomic mass is 35.5. The second-order valence-corrected chi connectivity index (χ2v) is 9.16. The van der Waals surface area contributed by atoms with Crippen LogP contribution in [0.25, 0.3) is 11.1 Å². The molecule has 2 heterocycles. The van der Waals surface area contributed by atoms with Crippen molar-refractivity contribution in [2.24, 2.45) is 5.73 Å². The number of benzene rings is 3. The van der Waals surface area contributed by atoms with Crippen molar-refractivity contribution in [3.63, 3.8) is 0 Å². The van der Waals surface area contributed by atoms with Gasteiger partial charge in [0, 0.05) is 34.3 Å². The Balaban J connectivity index is 1.97. The number of nitrogens with two attached hydrogens (primary N) is 1. The number of amides is 4. The SMILES string of the molecule is [2H]C([2H])([2H])N1Cc2cc(-c3c(C(N)=O)cc(F)cc3C(F)(F)F)c3c(c2NC1=O)C(=O)NC3(O)c1ccc(F)cc1Cl. The summed E-state index contributed by atoms with van der Waals surface area (Å²) < 4.78 is 94.2. The minimum atomic E-state index is -5.33. The first kappa shape index (κ1) is 22.7. The van der Waals surface area contributed by atoms with E-state index in [4.69, 9.17) is 21.4 Å². The number of carbonyl (C=O) groups excluding carboxylic acids is 3. The molecule has 0 fully saturated rings. The van der Waals surface area contributed by atoms with Crippen LogP contribution < -0.4 is 16.4 Å². The number of primary amides is 1. The zero-order valence-electron chi connectivity index (χ0n) is 22.1. The first-order valence-corrected chi connectivity index (χ1v) is 11.2. The highest BCUT2D eigenvalue weighted by Gasteiger charge is 2.50. The standard InChI is InChI=1S/C25H16ClF5N4O4/c1-35-8-9-4-12(17-13(21(32)36)5-11(28)6-15(17)25(29,30)31)19-18(20(9)33-23(35)38)22(37)34-24(19,39)14-3-2-10(27)7-16(14)26/h2-7,39H,8H2,1H3,(H2,32,36)(H,33,38)(H,34,37)/i1D3. The lowest BCUT2D eigenvalue weighted by Crippen LogP contribution is -2.40. The van der Waals surface area contributed by atoms with Crippen LogP contribution in [0, 0.1) is 11.6 Å². The van der Waals surface area contributed by atoms with Crippen LogP contribution in [0.4, 0.5) is 32.4 Å². The molecule has 202 valence electrons. The molecule has 2 aliphatic rings. The van der Waals surface area contributed by atoms with E-state index >= 15 is 0 Å². The summed E-state index contributed by atoms with van der Waals surface area (Å²) >= 11 is 6.16. The number of urea groups is 1. The van der Waals surface area contributed by atoms with Crippen LogP contribution in [-0.4, -0.2) is 34.8 Å². The third-order valence-electron chi connectivity index (χ3n) is 6.36. The Bertz CT molecular complexity index is 1730. The molecule has 0 radical (unpaired) electrons. The van der Waals surface area contributed by atoms with Crippen molar-refractivity contribution >= 4 is 35.1 Å². The van der Waals surface area contributed by atoms with Gasteiger partial charge < -0.3 is 26.4 Å². The van der Waals surface area contributed by atoms with Crippen molar-refractivity contribution < 1.29 is 45.6 Å². The second kappa shape index (κ2) is 8.64. The summed E-state index contributed by atoms with van der Waals surface area (Å²) in [5.41, 5.74) is -4.22. The van der Waals surface area contributed by atoms with Gasteiger partial charge in [0.15, 0.2) is 5.72 Å². The van der Waals surface area contributed by atoms with Crippen molar-refractivity contribution in [1.29, 1.82) is 0 Å². The summed E-state index contributed by atoms with van der Waals surface area (Å²) in [7, 11) is 0. The van der Waals surface area contributed by atoms with Crippen LogP contribution in [0.15, 0.2) is 36.4 Å². The summed E-state index contributed by atoms with van der Waals surface area (Å²) in [6.07, 6.45) is -5.33. The van der Waals surface area contributed by atoms with Gasteiger partial charge in [-0.3, -0.25) is 9.59 Å². The summed E-state index contributed by atoms with van der Waals surface area (Å²) in [6.45, 7) is -3.79. The van der Waals surface area contributed by atoms with E-state index in [0.717, 1.165) is 24.3 Å². The lowest BCUT2D eigenvalue weighted by atomic mass is 9.81. The number of hydrogen-bond acceptors (Lipinski definition) is 4. The molecule has 5 rings (SSSR count). The van der Waals surface area contributed by atoms with Crippen LogP contribution >= 0.6 is 11.6 Å². The molecule has 0 saturated heterocycles. The molecule has 0 bridgehead atoms. The van der Waals surface area contributed by atoms with Gasteiger partial charge in [-0.15, -0.1) is 0 Å². The molecule has 39 heavy (non-hydrogen) atoms. The monoisotopic (exact) mass is 569 g/mol. The van der Waals surface area contributed by atoms with Gasteiger partial charge in [-0.1, -0.05) is 11.6 Å². The number of halogens is 6. The number of nitrogens with zero attached hydrogens (tertiary/aromatic N) is 1. The van der Waals surface area contributed by atoms with Crippen molar-refractivity contribution in [3.8, 4) is 11.1 Å². The number of anilines is 1. The molecule has 2 aliphatic heterocycles. The van der Waals surface area contributed by atoms with Crippen LogP contribution in [-0.2, 0) is 18.4 Å². The first-order chi connectivity index (χ1) is 19.3. The first-order valence-electron chi connectivity index (χ1n) is 12.3. The normalized spacial score (nSPS) is 19.9. The van der Waals surface area contributed by atoms with Gasteiger partial charge in [0.2, 0.25) is 5.91 Å². The smallest absolute Gasteiger partial charge is 0.366 e. The van der Waals surface area contributed by atoms with Crippen LogP contribution in [0.3, 0.4) is 0 Å². The maximum Gasteiger partial charge on any atom is 0.417 e. The third-order valence-corrected chi connectivity index (χ3v) is 6.67. The summed E-state index contributed by atoms with van der Waals surface area (Å²) in [6, 6.07) is 2.73. The molecule has 5 N–H and O–H groups in total. The summed E-state index contributed by atoms with van der Waals surface area (Å²) in [5.74, 6) is -5.03. The van der Waals surface area contributed by atoms with Crippen LogP contribution in [0.2, 0.25) is 5.02 Å². The molecule has 8 nitrogen and oxygen atoms in total. The molecule has 4 amide bonds. The Labute approximate surface area is 225 Å². The van der Waals surface area contributed by atoms with Gasteiger partial charge in [-0.25, -0.2) is 13.6 Å². The van der Waals surface area contributed by atoms with E-state index in [9.17, 15) is 41.4 Å². The number of rotatable bonds is 3. The van der Waals surface area contributed by atoms with Crippen LogP contribution in [0.1, 0.15) is 47.1 Å². The van der Waals surface area contributed by atoms with E-state index in [1.807, 2.05) is 0 Å². The molecule has 3 aromatic carbocycles. The molecule has 1 atom stereocenters. The Morgan fingerprint density at radius 2 is 1.87 bits per heavy atom. The number of hydrogen-bond donors (Lipinski definition) is 4. The van der Waals surface area contributed by atoms with E-state index < -0.39 is 98.9 Å². The Morgan fingerprint density at radius 3 is 2.49 bits per heavy atom. The topological polar surface area (TPSA) is 125 Å². The summed E-state index contributed by atoms with van der Waals surface area (Å²) in [5, 5.41) is 15.8. The predicted molar refractivity (Wildman–Crippen MR) is 128 cm³/mol. The van der Waals surface area contributed by atoms with E-state index in [2.05, 4.69) is 10.6 Å². The minimum Gasteiger partial charge on any atom is -0.366 e. The van der Waals surface area contributed by atoms with E-state index in [-0.39, 0.29) is 17.3 Å². The van der Waals surface area contributed by atoms with Crippen molar-refractivity contribution in [2.75, 3.05) is 12.3 Å². The highest BCUT2D eigenvalue weighted by molar-refractivity contribution is 6.31. The van der Waals surface area contributed by atoms with Crippen LogP contribution in [0.5, 0.6) is 0 Å². The average Bonchev–Trinajstić information content (AvgIpc) is 3.12. The Hall–Kier alpha value is -4.23. The molecule has 0 saturated carbocycles. The number of fused-ring (bicyclic) bond motifs is 3. The van der Waals surface area contributed by atoms with Gasteiger partial charge >= 0.3 is 12.2 Å². The van der Waals surface area contributed by atoms with Crippen molar-refractivity contribution in [2.45, 2.75) is 18.4 Å². The maximum atomic E-state index is 14.4. The molecule has 0 aromatic heterocycles. The van der Waals surface area contributed by atoms with Gasteiger partial charge in [0.05, 0.1) is 27.4 Å². The largest absolute Gasteiger partial charge is 0.417 e. The third kappa shape index (κ3) is 4.05. The van der Waals surface area contributed by atoms with Gasteiger partial charge in [-0.05, 0) is 47.5 Å². The van der Waals surface area contributed by atoms with Gasteiger partial charge in [0.25, 0.3) is 5.91 Å². The van der Waals surface area contributed by atoms with E-state index in [1.54, 1.807) is 0 Å². The fourth-order valence-corrected chi connectivity index (χ4v) is 5.12. The fourth-order valence-electron chi connectivity index (χ4n) is 4.81. The van der Waals surface area contributed by atoms with Crippen molar-refractivity contribution in [1.82, 2.24) is 10.2 Å². The average molecular weight is 570 g/mol. The number of nitrogens with one attached hydrogen (secondary N) is 2. The van der Waals surface area contributed by atoms with E-state index in [1.165, 1.54) is 0 Å². The Morgan fingerprint density at radius 1 is 1.15 bits per heavy atom. The van der Waals surface area contributed by atoms with Gasteiger partial charge in [-0.2, -0.15) is 13.2 Å². The zero-order chi connectivity index (χ0) is 31.1. The fraction of sp³-hybridized carbons (Fsp3) is 0.160. The lowest BCUT2D eigenvalue weighted by Gasteiger charge is -2.32. The number of aliphatic hydroxyl groups is 1.